The van der Waals surface area contributed by atoms with E-state index < -0.39 is 5.97 Å². The Morgan fingerprint density at radius 1 is 1.57 bits per heavy atom. The minimum Gasteiger partial charge on any atom is -0.461 e. The molecule has 0 aromatic carbocycles. The minimum absolute atomic E-state index is 0.213. The Kier molecular flexibility index (Phi) is 5.30. The molecule has 1 aromatic rings. The van der Waals surface area contributed by atoms with Gasteiger partial charge in [-0.1, -0.05) is 0 Å². The first-order valence-electron chi connectivity index (χ1n) is 7.15. The van der Waals surface area contributed by atoms with Crippen molar-refractivity contribution in [2.24, 2.45) is 0 Å². The Balaban J connectivity index is 1.84. The lowest BCUT2D eigenvalue weighted by Gasteiger charge is -2.24. The van der Waals surface area contributed by atoms with Gasteiger partial charge in [-0.3, -0.25) is 9.69 Å². The van der Waals surface area contributed by atoms with Crippen LogP contribution in [0.15, 0.2) is 5.38 Å². The second-order valence-corrected chi connectivity index (χ2v) is 6.07. The van der Waals surface area contributed by atoms with Crippen molar-refractivity contribution in [3.63, 3.8) is 0 Å². The van der Waals surface area contributed by atoms with E-state index >= 15 is 0 Å². The van der Waals surface area contributed by atoms with Gasteiger partial charge in [-0.05, 0) is 33.7 Å². The van der Waals surface area contributed by atoms with Gasteiger partial charge in [-0.2, -0.15) is 0 Å². The number of esters is 1. The first kappa shape index (κ1) is 15.9. The van der Waals surface area contributed by atoms with E-state index in [4.69, 9.17) is 4.74 Å². The average Bonchev–Trinajstić information content (AvgIpc) is 3.20. The molecule has 1 aliphatic carbocycles. The molecule has 1 fully saturated rings. The maximum absolute atomic E-state index is 12.0. The molecule has 0 bridgehead atoms. The lowest BCUT2D eigenvalue weighted by Crippen LogP contribution is -2.41. The summed E-state index contributed by atoms with van der Waals surface area (Å²) in [5, 5.41) is 4.65. The number of thiazole rings is 1. The predicted octanol–water partition coefficient (Wildman–Crippen LogP) is 1.53. The molecule has 0 saturated heterocycles. The lowest BCUT2D eigenvalue weighted by atomic mass is 10.3. The van der Waals surface area contributed by atoms with E-state index in [-0.39, 0.29) is 22.7 Å². The number of aromatic nitrogens is 1. The molecule has 1 amide bonds. The van der Waals surface area contributed by atoms with Crippen molar-refractivity contribution in [3.05, 3.63) is 16.1 Å². The number of rotatable bonds is 7. The van der Waals surface area contributed by atoms with Crippen LogP contribution in [0.2, 0.25) is 0 Å². The van der Waals surface area contributed by atoms with Gasteiger partial charge in [0.05, 0.1) is 6.61 Å². The maximum atomic E-state index is 12.0. The Morgan fingerprint density at radius 2 is 2.29 bits per heavy atom. The first-order valence-corrected chi connectivity index (χ1v) is 8.03. The monoisotopic (exact) mass is 311 g/mol. The number of carbonyl (C=O) groups is 2. The smallest absolute Gasteiger partial charge is 0.367 e. The van der Waals surface area contributed by atoms with Crippen LogP contribution < -0.4 is 5.32 Å². The molecule has 1 aromatic heterocycles. The maximum Gasteiger partial charge on any atom is 0.367 e. The van der Waals surface area contributed by atoms with Crippen LogP contribution in [-0.4, -0.2) is 54.0 Å². The molecule has 1 aliphatic rings. The molecule has 1 atom stereocenters. The highest BCUT2D eigenvalue weighted by Crippen LogP contribution is 2.26. The molecular formula is C14H21N3O3S. The highest BCUT2D eigenvalue weighted by molar-refractivity contribution is 7.11. The van der Waals surface area contributed by atoms with Crippen molar-refractivity contribution in [3.8, 4) is 0 Å². The Labute approximate surface area is 128 Å². The highest BCUT2D eigenvalue weighted by Gasteiger charge is 2.29. The number of carbonyl (C=O) groups excluding carboxylic acids is 2. The zero-order valence-electron chi connectivity index (χ0n) is 12.6. The first-order chi connectivity index (χ1) is 10.0. The van der Waals surface area contributed by atoms with Crippen molar-refractivity contribution in [2.45, 2.75) is 38.8 Å². The summed E-state index contributed by atoms with van der Waals surface area (Å²) in [5.41, 5.74) is 0.268. The third-order valence-corrected chi connectivity index (χ3v) is 4.39. The van der Waals surface area contributed by atoms with Crippen molar-refractivity contribution >= 4 is 23.2 Å². The number of ether oxygens (including phenoxy) is 1. The third-order valence-electron chi connectivity index (χ3n) is 3.56. The summed E-state index contributed by atoms with van der Waals surface area (Å²) >= 11 is 1.12. The third kappa shape index (κ3) is 4.25. The van der Waals surface area contributed by atoms with Crippen LogP contribution in [-0.2, 0) is 4.74 Å². The van der Waals surface area contributed by atoms with Gasteiger partial charge in [-0.25, -0.2) is 9.78 Å². The largest absolute Gasteiger partial charge is 0.461 e. The SMILES string of the molecule is CCOC(=O)c1nc(C(=O)NCC(C)N(C)C2CC2)cs1. The van der Waals surface area contributed by atoms with E-state index in [0.29, 0.717) is 19.2 Å². The molecule has 6 nitrogen and oxygen atoms in total. The van der Waals surface area contributed by atoms with Crippen LogP contribution in [0.5, 0.6) is 0 Å². The van der Waals surface area contributed by atoms with Gasteiger partial charge in [0.2, 0.25) is 5.01 Å². The number of hydrogen-bond donors (Lipinski definition) is 1. The van der Waals surface area contributed by atoms with Crippen LogP contribution in [0.1, 0.15) is 47.0 Å². The van der Waals surface area contributed by atoms with Gasteiger partial charge >= 0.3 is 5.97 Å². The van der Waals surface area contributed by atoms with E-state index in [1.807, 2.05) is 0 Å². The van der Waals surface area contributed by atoms with Gasteiger partial charge in [0.15, 0.2) is 0 Å². The summed E-state index contributed by atoms with van der Waals surface area (Å²) in [6, 6.07) is 0.941. The molecule has 1 N–H and O–H groups in total. The van der Waals surface area contributed by atoms with E-state index in [1.54, 1.807) is 12.3 Å². The number of amides is 1. The van der Waals surface area contributed by atoms with Crippen molar-refractivity contribution in [1.82, 2.24) is 15.2 Å². The quantitative estimate of drug-likeness (QED) is 0.773. The van der Waals surface area contributed by atoms with E-state index in [1.165, 1.54) is 12.8 Å². The summed E-state index contributed by atoms with van der Waals surface area (Å²) in [7, 11) is 2.08. The fraction of sp³-hybridized carbons (Fsp3) is 0.643. The minimum atomic E-state index is -0.483. The molecule has 2 rings (SSSR count). The molecular weight excluding hydrogens is 290 g/mol. The van der Waals surface area contributed by atoms with E-state index in [2.05, 4.69) is 29.2 Å². The molecule has 21 heavy (non-hydrogen) atoms. The summed E-state index contributed by atoms with van der Waals surface area (Å²) in [5.74, 6) is -0.735. The van der Waals surface area contributed by atoms with Gasteiger partial charge in [0.1, 0.15) is 5.69 Å². The molecule has 1 unspecified atom stereocenters. The van der Waals surface area contributed by atoms with Crippen LogP contribution >= 0.6 is 11.3 Å². The Hall–Kier alpha value is -1.47. The molecule has 1 saturated carbocycles. The summed E-state index contributed by atoms with van der Waals surface area (Å²) in [6.45, 7) is 4.68. The zero-order chi connectivity index (χ0) is 15.4. The highest BCUT2D eigenvalue weighted by atomic mass is 32.1. The lowest BCUT2D eigenvalue weighted by molar-refractivity contribution is 0.0526. The molecule has 0 radical (unpaired) electrons. The summed E-state index contributed by atoms with van der Waals surface area (Å²) < 4.78 is 4.85. The fourth-order valence-electron chi connectivity index (χ4n) is 1.98. The van der Waals surface area contributed by atoms with Gasteiger partial charge in [0, 0.05) is 24.0 Å². The molecule has 0 spiro atoms. The molecule has 7 heteroatoms. The topological polar surface area (TPSA) is 71.5 Å². The second-order valence-electron chi connectivity index (χ2n) is 5.21. The van der Waals surface area contributed by atoms with Gasteiger partial charge in [-0.15, -0.1) is 11.3 Å². The number of nitrogens with zero attached hydrogens (tertiary/aromatic N) is 2. The second kappa shape index (κ2) is 7.00. The van der Waals surface area contributed by atoms with Crippen molar-refractivity contribution < 1.29 is 14.3 Å². The van der Waals surface area contributed by atoms with Gasteiger partial charge < -0.3 is 10.1 Å². The molecule has 0 aliphatic heterocycles. The summed E-state index contributed by atoms with van der Waals surface area (Å²) in [4.78, 5) is 29.8. The normalized spacial score (nSPS) is 15.8. The van der Waals surface area contributed by atoms with E-state index in [0.717, 1.165) is 11.3 Å². The zero-order valence-corrected chi connectivity index (χ0v) is 13.4. The molecule has 116 valence electrons. The van der Waals surface area contributed by atoms with Gasteiger partial charge in [0.25, 0.3) is 5.91 Å². The Bertz CT molecular complexity index is 513. The van der Waals surface area contributed by atoms with Crippen LogP contribution in [0.4, 0.5) is 0 Å². The van der Waals surface area contributed by atoms with Crippen LogP contribution in [0, 0.1) is 0 Å². The van der Waals surface area contributed by atoms with E-state index in [9.17, 15) is 9.59 Å². The number of nitrogens with one attached hydrogen (secondary N) is 1. The van der Waals surface area contributed by atoms with Crippen LogP contribution in [0.3, 0.4) is 0 Å². The predicted molar refractivity (Wildman–Crippen MR) is 80.7 cm³/mol. The average molecular weight is 311 g/mol. The fourth-order valence-corrected chi connectivity index (χ4v) is 2.67. The van der Waals surface area contributed by atoms with Crippen molar-refractivity contribution in [2.75, 3.05) is 20.2 Å². The Morgan fingerprint density at radius 3 is 2.90 bits per heavy atom. The number of hydrogen-bond acceptors (Lipinski definition) is 6. The molecule has 1 heterocycles. The van der Waals surface area contributed by atoms with Crippen LogP contribution in [0.25, 0.3) is 0 Å². The standard InChI is InChI=1S/C14H21N3O3S/c1-4-20-14(19)13-16-11(8-21-13)12(18)15-7-9(2)17(3)10-5-6-10/h8-10H,4-7H2,1-3H3,(H,15,18). The van der Waals surface area contributed by atoms with Crippen molar-refractivity contribution in [1.29, 1.82) is 0 Å². The number of likely N-dealkylation sites (N-methyl/N-ethyl adjacent to an activating group) is 1. The summed E-state index contributed by atoms with van der Waals surface area (Å²) in [6.07, 6.45) is 2.48.